The Hall–Kier alpha value is -2.11. The molecule has 0 aliphatic heterocycles. The summed E-state index contributed by atoms with van der Waals surface area (Å²) < 4.78 is 0. The number of carbonyl (C=O) groups excluding carboxylic acids is 1. The van der Waals surface area contributed by atoms with Crippen LogP contribution in [0, 0.1) is 5.41 Å². The number of rotatable bonds is 4. The first-order valence-electron chi connectivity index (χ1n) is 7.78. The Morgan fingerprint density at radius 1 is 1.23 bits per heavy atom. The normalized spacial score (nSPS) is 18.9. The molecule has 3 N–H and O–H groups in total. The van der Waals surface area contributed by atoms with Gasteiger partial charge in [-0.25, -0.2) is 0 Å². The van der Waals surface area contributed by atoms with Gasteiger partial charge in [0.1, 0.15) is 5.56 Å². The molecule has 22 heavy (non-hydrogen) atoms. The summed E-state index contributed by atoms with van der Waals surface area (Å²) in [5, 5.41) is 11.7. The SMILES string of the molecule is O=C(NCC1(C(=O)O)CC1)c1cc2c([nH]c1=O)CCCCC2. The molecule has 1 saturated carbocycles. The molecule has 6 heteroatoms. The summed E-state index contributed by atoms with van der Waals surface area (Å²) in [4.78, 5) is 38.2. The van der Waals surface area contributed by atoms with Gasteiger partial charge < -0.3 is 15.4 Å². The van der Waals surface area contributed by atoms with Crippen LogP contribution in [0.4, 0.5) is 0 Å². The zero-order valence-electron chi connectivity index (χ0n) is 12.4. The molecule has 0 atom stereocenters. The summed E-state index contributed by atoms with van der Waals surface area (Å²) in [5.74, 6) is -1.37. The molecule has 0 saturated heterocycles. The molecule has 3 rings (SSSR count). The minimum absolute atomic E-state index is 0.0810. The fourth-order valence-electron chi connectivity index (χ4n) is 2.98. The molecule has 1 aromatic heterocycles. The van der Waals surface area contributed by atoms with E-state index in [9.17, 15) is 14.4 Å². The molecule has 6 nitrogen and oxygen atoms in total. The molecule has 0 spiro atoms. The number of aromatic amines is 1. The number of amides is 1. The van der Waals surface area contributed by atoms with Gasteiger partial charge >= 0.3 is 5.97 Å². The van der Waals surface area contributed by atoms with Gasteiger partial charge in [0.15, 0.2) is 0 Å². The van der Waals surface area contributed by atoms with Gasteiger partial charge in [0, 0.05) is 12.2 Å². The molecule has 2 aliphatic carbocycles. The van der Waals surface area contributed by atoms with E-state index < -0.39 is 22.9 Å². The Bertz CT molecular complexity index is 673. The Labute approximate surface area is 127 Å². The number of carboxylic acid groups (broad SMARTS) is 1. The predicted octanol–water partition coefficient (Wildman–Crippen LogP) is 1.24. The lowest BCUT2D eigenvalue weighted by Gasteiger charge is -2.12. The Balaban J connectivity index is 1.76. The summed E-state index contributed by atoms with van der Waals surface area (Å²) in [7, 11) is 0. The molecule has 0 aromatic carbocycles. The number of carboxylic acids is 1. The van der Waals surface area contributed by atoms with Crippen molar-refractivity contribution in [3.8, 4) is 0 Å². The maximum Gasteiger partial charge on any atom is 0.311 e. The topological polar surface area (TPSA) is 99.3 Å². The molecule has 1 heterocycles. The van der Waals surface area contributed by atoms with Crippen LogP contribution in [0.1, 0.15) is 53.7 Å². The van der Waals surface area contributed by atoms with E-state index in [0.717, 1.165) is 43.4 Å². The molecule has 2 aliphatic rings. The summed E-state index contributed by atoms with van der Waals surface area (Å²) in [5.41, 5.74) is 0.832. The second kappa shape index (κ2) is 5.59. The monoisotopic (exact) mass is 304 g/mol. The van der Waals surface area contributed by atoms with E-state index in [1.807, 2.05) is 0 Å². The highest BCUT2D eigenvalue weighted by atomic mass is 16.4. The van der Waals surface area contributed by atoms with Crippen LogP contribution in [-0.4, -0.2) is 28.5 Å². The minimum Gasteiger partial charge on any atom is -0.481 e. The van der Waals surface area contributed by atoms with Crippen LogP contribution in [0.3, 0.4) is 0 Å². The van der Waals surface area contributed by atoms with E-state index >= 15 is 0 Å². The number of carbonyl (C=O) groups is 2. The van der Waals surface area contributed by atoms with E-state index in [-0.39, 0.29) is 12.1 Å². The van der Waals surface area contributed by atoms with Crippen molar-refractivity contribution in [1.82, 2.24) is 10.3 Å². The van der Waals surface area contributed by atoms with Crippen molar-refractivity contribution in [1.29, 1.82) is 0 Å². The molecule has 118 valence electrons. The van der Waals surface area contributed by atoms with Crippen LogP contribution in [0.25, 0.3) is 0 Å². The second-order valence-electron chi connectivity index (χ2n) is 6.34. The first-order valence-corrected chi connectivity index (χ1v) is 7.78. The largest absolute Gasteiger partial charge is 0.481 e. The Kier molecular flexibility index (Phi) is 3.76. The van der Waals surface area contributed by atoms with Crippen molar-refractivity contribution >= 4 is 11.9 Å². The van der Waals surface area contributed by atoms with Gasteiger partial charge in [-0.3, -0.25) is 14.4 Å². The van der Waals surface area contributed by atoms with Crippen LogP contribution in [0.5, 0.6) is 0 Å². The van der Waals surface area contributed by atoms with Gasteiger partial charge in [0.25, 0.3) is 11.5 Å². The van der Waals surface area contributed by atoms with Crippen molar-refractivity contribution in [3.05, 3.63) is 33.2 Å². The maximum atomic E-state index is 12.2. The van der Waals surface area contributed by atoms with Crippen LogP contribution < -0.4 is 10.9 Å². The van der Waals surface area contributed by atoms with Crippen molar-refractivity contribution in [3.63, 3.8) is 0 Å². The number of pyridine rings is 1. The minimum atomic E-state index is -0.886. The zero-order chi connectivity index (χ0) is 15.7. The maximum absolute atomic E-state index is 12.2. The third-order valence-electron chi connectivity index (χ3n) is 4.73. The summed E-state index contributed by atoms with van der Waals surface area (Å²) >= 11 is 0. The molecule has 1 fully saturated rings. The number of aromatic nitrogens is 1. The van der Waals surface area contributed by atoms with Crippen LogP contribution in [0.15, 0.2) is 10.9 Å². The third-order valence-corrected chi connectivity index (χ3v) is 4.73. The van der Waals surface area contributed by atoms with Crippen molar-refractivity contribution in [2.75, 3.05) is 6.54 Å². The lowest BCUT2D eigenvalue weighted by atomic mass is 10.1. The van der Waals surface area contributed by atoms with E-state index in [1.165, 1.54) is 0 Å². The number of nitrogens with one attached hydrogen (secondary N) is 2. The first kappa shape index (κ1) is 14.8. The second-order valence-corrected chi connectivity index (χ2v) is 6.34. The molecule has 0 radical (unpaired) electrons. The lowest BCUT2D eigenvalue weighted by molar-refractivity contribution is -0.143. The van der Waals surface area contributed by atoms with Gasteiger partial charge in [0.05, 0.1) is 5.41 Å². The Morgan fingerprint density at radius 2 is 1.95 bits per heavy atom. The molecule has 1 amide bonds. The molecular formula is C16H20N2O4. The van der Waals surface area contributed by atoms with E-state index in [0.29, 0.717) is 12.8 Å². The molecule has 1 aromatic rings. The van der Waals surface area contributed by atoms with E-state index in [1.54, 1.807) is 6.07 Å². The molecule has 0 unspecified atom stereocenters. The average molecular weight is 304 g/mol. The number of H-pyrrole nitrogens is 1. The highest BCUT2D eigenvalue weighted by molar-refractivity contribution is 5.94. The molecule has 0 bridgehead atoms. The van der Waals surface area contributed by atoms with Crippen molar-refractivity contribution in [2.24, 2.45) is 5.41 Å². The quantitative estimate of drug-likeness (QED) is 0.729. The van der Waals surface area contributed by atoms with Crippen molar-refractivity contribution in [2.45, 2.75) is 44.9 Å². The van der Waals surface area contributed by atoms with Crippen LogP contribution >= 0.6 is 0 Å². The fourth-order valence-corrected chi connectivity index (χ4v) is 2.98. The van der Waals surface area contributed by atoms with Crippen molar-refractivity contribution < 1.29 is 14.7 Å². The average Bonchev–Trinajstić information content (AvgIpc) is 3.28. The number of aliphatic carboxylic acids is 1. The van der Waals surface area contributed by atoms with E-state index in [2.05, 4.69) is 10.3 Å². The summed E-state index contributed by atoms with van der Waals surface area (Å²) in [6.07, 6.45) is 6.09. The predicted molar refractivity (Wildman–Crippen MR) is 80.0 cm³/mol. The van der Waals surface area contributed by atoms with Crippen LogP contribution in [-0.2, 0) is 17.6 Å². The summed E-state index contributed by atoms with van der Waals surface area (Å²) in [6.45, 7) is 0.0810. The third kappa shape index (κ3) is 2.77. The smallest absolute Gasteiger partial charge is 0.311 e. The highest BCUT2D eigenvalue weighted by Gasteiger charge is 2.50. The fraction of sp³-hybridized carbons (Fsp3) is 0.562. The summed E-state index contributed by atoms with van der Waals surface area (Å²) in [6, 6.07) is 1.68. The van der Waals surface area contributed by atoms with Gasteiger partial charge in [-0.1, -0.05) is 6.42 Å². The number of hydrogen-bond donors (Lipinski definition) is 3. The van der Waals surface area contributed by atoms with Gasteiger partial charge in [-0.05, 0) is 50.2 Å². The number of aryl methyl sites for hydroxylation is 2. The Morgan fingerprint density at radius 3 is 2.64 bits per heavy atom. The lowest BCUT2D eigenvalue weighted by Crippen LogP contribution is -2.37. The van der Waals surface area contributed by atoms with E-state index in [4.69, 9.17) is 5.11 Å². The van der Waals surface area contributed by atoms with Gasteiger partial charge in [-0.2, -0.15) is 0 Å². The first-order chi connectivity index (χ1) is 10.5. The highest BCUT2D eigenvalue weighted by Crippen LogP contribution is 2.45. The van der Waals surface area contributed by atoms with Gasteiger partial charge in [0.2, 0.25) is 0 Å². The standard InChI is InChI=1S/C16H20N2O4/c19-13(17-9-16(6-7-16)15(21)22)11-8-10-4-2-1-3-5-12(10)18-14(11)20/h8H,1-7,9H2,(H,17,19)(H,18,20)(H,21,22). The molecular weight excluding hydrogens is 284 g/mol. The number of hydrogen-bond acceptors (Lipinski definition) is 3. The van der Waals surface area contributed by atoms with Gasteiger partial charge in [-0.15, -0.1) is 0 Å². The van der Waals surface area contributed by atoms with Crippen LogP contribution in [0.2, 0.25) is 0 Å². The number of fused-ring (bicyclic) bond motifs is 1. The zero-order valence-corrected chi connectivity index (χ0v) is 12.4.